The van der Waals surface area contributed by atoms with Gasteiger partial charge < -0.3 is 19.5 Å². The molecule has 2 aromatic carbocycles. The topological polar surface area (TPSA) is 74.6 Å². The van der Waals surface area contributed by atoms with Gasteiger partial charge in [0.1, 0.15) is 0 Å². The van der Waals surface area contributed by atoms with Crippen molar-refractivity contribution >= 4 is 28.7 Å². The molecule has 1 aromatic heterocycles. The highest BCUT2D eigenvalue weighted by Gasteiger charge is 2.19. The van der Waals surface area contributed by atoms with Crippen LogP contribution in [-0.4, -0.2) is 42.5 Å². The van der Waals surface area contributed by atoms with Gasteiger partial charge in [0.2, 0.25) is 11.7 Å². The fourth-order valence-electron chi connectivity index (χ4n) is 2.93. The predicted molar refractivity (Wildman–Crippen MR) is 110 cm³/mol. The Kier molecular flexibility index (Phi) is 6.99. The Morgan fingerprint density at radius 1 is 1.13 bits per heavy atom. The largest absolute Gasteiger partial charge is 0.493 e. The first-order valence-corrected chi connectivity index (χ1v) is 9.90. The number of amides is 1. The summed E-state index contributed by atoms with van der Waals surface area (Å²) >= 11 is 0.956. The summed E-state index contributed by atoms with van der Waals surface area (Å²) in [5.74, 6) is 1.03. The van der Waals surface area contributed by atoms with Gasteiger partial charge in [0.05, 0.1) is 38.1 Å². The number of rotatable bonds is 9. The molecule has 160 valence electrons. The number of nitrogens with one attached hydrogen (secondary N) is 1. The number of hydrogen-bond acceptors (Lipinski definition) is 6. The summed E-state index contributed by atoms with van der Waals surface area (Å²) in [5, 5.41) is 2.85. The molecule has 0 saturated heterocycles. The van der Waals surface area contributed by atoms with Crippen LogP contribution in [-0.2, 0) is 11.3 Å². The number of ether oxygens (including phenoxy) is 3. The number of halogens is 2. The van der Waals surface area contributed by atoms with E-state index in [9.17, 15) is 13.6 Å². The fourth-order valence-corrected chi connectivity index (χ4v) is 3.77. The van der Waals surface area contributed by atoms with Gasteiger partial charge >= 0.3 is 6.55 Å². The lowest BCUT2D eigenvalue weighted by molar-refractivity contribution is -0.118. The Bertz CT molecular complexity index is 1020. The lowest BCUT2D eigenvalue weighted by atomic mass is 10.2. The zero-order chi connectivity index (χ0) is 21.7. The monoisotopic (exact) mass is 437 g/mol. The van der Waals surface area contributed by atoms with Crippen LogP contribution in [0.15, 0.2) is 41.6 Å². The van der Waals surface area contributed by atoms with Gasteiger partial charge in [-0.25, -0.2) is 4.98 Å². The van der Waals surface area contributed by atoms with Gasteiger partial charge in [-0.1, -0.05) is 23.9 Å². The predicted octanol–water partition coefficient (Wildman–Crippen LogP) is 3.87. The average Bonchev–Trinajstić information content (AvgIpc) is 3.14. The quantitative estimate of drug-likeness (QED) is 0.513. The molecular weight excluding hydrogens is 416 g/mol. The highest BCUT2D eigenvalue weighted by Crippen LogP contribution is 2.38. The number of methoxy groups -OCH3 is 3. The normalized spacial score (nSPS) is 11.0. The highest BCUT2D eigenvalue weighted by atomic mass is 32.2. The summed E-state index contributed by atoms with van der Waals surface area (Å²) in [6.07, 6.45) is 0. The Morgan fingerprint density at radius 3 is 2.40 bits per heavy atom. The van der Waals surface area contributed by atoms with Gasteiger partial charge in [-0.05, 0) is 29.8 Å². The van der Waals surface area contributed by atoms with Crippen molar-refractivity contribution in [2.24, 2.45) is 0 Å². The van der Waals surface area contributed by atoms with Gasteiger partial charge in [0, 0.05) is 6.54 Å². The van der Waals surface area contributed by atoms with Crippen LogP contribution in [0.5, 0.6) is 17.2 Å². The Balaban J connectivity index is 1.66. The SMILES string of the molecule is COc1cc(CNC(=O)CSc2nc3ccccc3n2C(F)F)cc(OC)c1OC. The molecule has 0 aliphatic heterocycles. The van der Waals surface area contributed by atoms with Crippen molar-refractivity contribution in [3.05, 3.63) is 42.0 Å². The Hall–Kier alpha value is -3.01. The minimum atomic E-state index is -2.75. The number of para-hydroxylation sites is 2. The summed E-state index contributed by atoms with van der Waals surface area (Å²) in [6, 6.07) is 10.1. The number of aromatic nitrogens is 2. The van der Waals surface area contributed by atoms with E-state index >= 15 is 0 Å². The van der Waals surface area contributed by atoms with Crippen molar-refractivity contribution in [3.63, 3.8) is 0 Å². The van der Waals surface area contributed by atoms with E-state index in [4.69, 9.17) is 14.2 Å². The molecule has 3 rings (SSSR count). The third kappa shape index (κ3) is 4.59. The van der Waals surface area contributed by atoms with E-state index in [2.05, 4.69) is 10.3 Å². The second-order valence-electron chi connectivity index (χ2n) is 6.13. The van der Waals surface area contributed by atoms with Crippen molar-refractivity contribution in [2.45, 2.75) is 18.3 Å². The zero-order valence-corrected chi connectivity index (χ0v) is 17.5. The number of carbonyl (C=O) groups excluding carboxylic acids is 1. The second kappa shape index (κ2) is 9.66. The molecule has 7 nitrogen and oxygen atoms in total. The van der Waals surface area contributed by atoms with Crippen LogP contribution in [0, 0.1) is 0 Å². The lowest BCUT2D eigenvalue weighted by Gasteiger charge is -2.14. The number of thioether (sulfide) groups is 1. The molecule has 1 heterocycles. The third-order valence-electron chi connectivity index (χ3n) is 4.31. The molecule has 0 saturated carbocycles. The van der Waals surface area contributed by atoms with Gasteiger partial charge in [0.15, 0.2) is 16.7 Å². The number of fused-ring (bicyclic) bond motifs is 1. The van der Waals surface area contributed by atoms with Crippen molar-refractivity contribution in [2.75, 3.05) is 27.1 Å². The summed E-state index contributed by atoms with van der Waals surface area (Å²) in [6.45, 7) is -2.54. The van der Waals surface area contributed by atoms with Crippen molar-refractivity contribution in [1.82, 2.24) is 14.9 Å². The van der Waals surface area contributed by atoms with E-state index in [0.29, 0.717) is 28.3 Å². The molecule has 3 aromatic rings. The maximum Gasteiger partial charge on any atom is 0.321 e. The molecule has 0 aliphatic rings. The smallest absolute Gasteiger partial charge is 0.321 e. The van der Waals surface area contributed by atoms with Crippen LogP contribution in [0.2, 0.25) is 0 Å². The van der Waals surface area contributed by atoms with E-state index in [1.54, 1.807) is 36.4 Å². The fraction of sp³-hybridized carbons (Fsp3) is 0.300. The molecule has 10 heteroatoms. The molecule has 0 aliphatic carbocycles. The summed E-state index contributed by atoms with van der Waals surface area (Å²) in [7, 11) is 4.52. The maximum atomic E-state index is 13.5. The number of hydrogen-bond donors (Lipinski definition) is 1. The minimum Gasteiger partial charge on any atom is -0.493 e. The van der Waals surface area contributed by atoms with Crippen LogP contribution < -0.4 is 19.5 Å². The summed E-state index contributed by atoms with van der Waals surface area (Å²) < 4.78 is 43.6. The van der Waals surface area contributed by atoms with Crippen LogP contribution >= 0.6 is 11.8 Å². The molecule has 0 fully saturated rings. The number of alkyl halides is 2. The number of benzene rings is 2. The van der Waals surface area contributed by atoms with Crippen LogP contribution in [0.25, 0.3) is 11.0 Å². The third-order valence-corrected chi connectivity index (χ3v) is 5.26. The second-order valence-corrected chi connectivity index (χ2v) is 7.07. The Morgan fingerprint density at radius 2 is 1.80 bits per heavy atom. The molecule has 30 heavy (non-hydrogen) atoms. The molecule has 0 atom stereocenters. The maximum absolute atomic E-state index is 13.5. The number of imidazole rings is 1. The number of nitrogens with zero attached hydrogens (tertiary/aromatic N) is 2. The molecule has 0 unspecified atom stereocenters. The molecule has 0 spiro atoms. The molecule has 1 N–H and O–H groups in total. The van der Waals surface area contributed by atoms with Crippen LogP contribution in [0.4, 0.5) is 8.78 Å². The Labute approximate surface area is 176 Å². The van der Waals surface area contributed by atoms with Crippen LogP contribution in [0.1, 0.15) is 12.1 Å². The lowest BCUT2D eigenvalue weighted by Crippen LogP contribution is -2.24. The van der Waals surface area contributed by atoms with E-state index in [1.807, 2.05) is 0 Å². The standard InChI is InChI=1S/C20H21F2N3O4S/c1-27-15-8-12(9-16(28-2)18(15)29-3)10-23-17(26)11-30-20-24-13-6-4-5-7-14(13)25(20)19(21)22/h4-9,19H,10-11H2,1-3H3,(H,23,26). The molecular formula is C20H21F2N3O4S. The zero-order valence-electron chi connectivity index (χ0n) is 16.6. The minimum absolute atomic E-state index is 0.0551. The van der Waals surface area contributed by atoms with Crippen molar-refractivity contribution < 1.29 is 27.8 Å². The summed E-state index contributed by atoms with van der Waals surface area (Å²) in [5.41, 5.74) is 1.52. The van der Waals surface area contributed by atoms with Gasteiger partial charge in [-0.2, -0.15) is 8.78 Å². The van der Waals surface area contributed by atoms with Crippen molar-refractivity contribution in [3.8, 4) is 17.2 Å². The van der Waals surface area contributed by atoms with E-state index < -0.39 is 6.55 Å². The molecule has 0 radical (unpaired) electrons. The van der Waals surface area contributed by atoms with E-state index in [0.717, 1.165) is 21.9 Å². The molecule has 1 amide bonds. The first kappa shape index (κ1) is 21.7. The van der Waals surface area contributed by atoms with Gasteiger partial charge in [-0.3, -0.25) is 9.36 Å². The molecule has 0 bridgehead atoms. The van der Waals surface area contributed by atoms with Gasteiger partial charge in [0.25, 0.3) is 0 Å². The van der Waals surface area contributed by atoms with Gasteiger partial charge in [-0.15, -0.1) is 0 Å². The van der Waals surface area contributed by atoms with E-state index in [1.165, 1.54) is 21.3 Å². The average molecular weight is 437 g/mol. The van der Waals surface area contributed by atoms with Crippen molar-refractivity contribution in [1.29, 1.82) is 0 Å². The summed E-state index contributed by atoms with van der Waals surface area (Å²) in [4.78, 5) is 16.5. The number of carbonyl (C=O) groups is 1. The first-order chi connectivity index (χ1) is 14.5. The first-order valence-electron chi connectivity index (χ1n) is 8.92. The van der Waals surface area contributed by atoms with E-state index in [-0.39, 0.29) is 23.4 Å². The van der Waals surface area contributed by atoms with Crippen LogP contribution in [0.3, 0.4) is 0 Å². The highest BCUT2D eigenvalue weighted by molar-refractivity contribution is 7.99.